The highest BCUT2D eigenvalue weighted by molar-refractivity contribution is 7.89. The zero-order valence-electron chi connectivity index (χ0n) is 19.9. The average molecular weight is 497 g/mol. The summed E-state index contributed by atoms with van der Waals surface area (Å²) < 4.78 is 45.3. The van der Waals surface area contributed by atoms with Gasteiger partial charge in [-0.1, -0.05) is 6.92 Å². The minimum absolute atomic E-state index is 0.115. The molecule has 1 aliphatic heterocycles. The number of hydrogen-bond donors (Lipinski definition) is 1. The van der Waals surface area contributed by atoms with Crippen LogP contribution in [-0.2, 0) is 16.6 Å². The number of fused-ring (bicyclic) bond motifs is 1. The van der Waals surface area contributed by atoms with Crippen molar-refractivity contribution in [1.29, 1.82) is 0 Å². The van der Waals surface area contributed by atoms with Gasteiger partial charge in [0.1, 0.15) is 10.7 Å². The molecule has 2 aromatic heterocycles. The van der Waals surface area contributed by atoms with Crippen LogP contribution in [0.15, 0.2) is 59.9 Å². The van der Waals surface area contributed by atoms with Crippen molar-refractivity contribution in [3.8, 4) is 5.69 Å². The maximum Gasteiger partial charge on any atom is 0.243 e. The van der Waals surface area contributed by atoms with Crippen LogP contribution in [0.1, 0.15) is 31.7 Å². The number of hydrogen-bond acceptors (Lipinski definition) is 5. The van der Waals surface area contributed by atoms with Gasteiger partial charge in [-0.15, -0.1) is 0 Å². The fourth-order valence-electron chi connectivity index (χ4n) is 4.66. The molecule has 1 aliphatic rings. The number of nitrogens with zero attached hydrogens (tertiary/aromatic N) is 5. The molecule has 2 aromatic carbocycles. The van der Waals surface area contributed by atoms with Gasteiger partial charge in [0, 0.05) is 42.9 Å². The monoisotopic (exact) mass is 496 g/mol. The molecule has 8 nitrogen and oxygen atoms in total. The van der Waals surface area contributed by atoms with Crippen molar-refractivity contribution in [3.63, 3.8) is 0 Å². The van der Waals surface area contributed by atoms with E-state index in [1.807, 2.05) is 17.8 Å². The van der Waals surface area contributed by atoms with Crippen LogP contribution in [0.25, 0.3) is 16.6 Å². The summed E-state index contributed by atoms with van der Waals surface area (Å²) in [5.41, 5.74) is 4.01. The lowest BCUT2D eigenvalue weighted by Crippen LogP contribution is -2.44. The SMILES string of the molecule is CCCn1cc(S(=O)(=O)NC2CCN(c3cc4cnn(-c5ccc(F)cc5)c4cc3C)CC2)cn1. The van der Waals surface area contributed by atoms with Crippen molar-refractivity contribution < 1.29 is 12.8 Å². The summed E-state index contributed by atoms with van der Waals surface area (Å²) in [5.74, 6) is -0.277. The van der Waals surface area contributed by atoms with Gasteiger partial charge in [-0.25, -0.2) is 22.2 Å². The molecule has 5 rings (SSSR count). The molecule has 0 amide bonds. The van der Waals surface area contributed by atoms with Gasteiger partial charge in [-0.2, -0.15) is 10.2 Å². The Morgan fingerprint density at radius 2 is 1.83 bits per heavy atom. The third-order valence-electron chi connectivity index (χ3n) is 6.49. The maximum atomic E-state index is 13.3. The number of sulfonamides is 1. The second-order valence-corrected chi connectivity index (χ2v) is 10.8. The Hall–Kier alpha value is -3.24. The topological polar surface area (TPSA) is 85.0 Å². The Labute approximate surface area is 204 Å². The van der Waals surface area contributed by atoms with Gasteiger partial charge in [0.2, 0.25) is 10.0 Å². The van der Waals surface area contributed by atoms with Crippen LogP contribution in [0.5, 0.6) is 0 Å². The molecule has 184 valence electrons. The zero-order valence-corrected chi connectivity index (χ0v) is 20.7. The van der Waals surface area contributed by atoms with E-state index in [9.17, 15) is 12.8 Å². The van der Waals surface area contributed by atoms with Crippen LogP contribution in [0.4, 0.5) is 10.1 Å². The molecular formula is C25H29FN6O2S. The second kappa shape index (κ2) is 9.43. The Morgan fingerprint density at radius 3 is 2.54 bits per heavy atom. The molecule has 0 radical (unpaired) electrons. The Kier molecular flexibility index (Phi) is 6.33. The van der Waals surface area contributed by atoms with E-state index >= 15 is 0 Å². The molecule has 0 unspecified atom stereocenters. The van der Waals surface area contributed by atoms with Gasteiger partial charge >= 0.3 is 0 Å². The molecular weight excluding hydrogens is 467 g/mol. The van der Waals surface area contributed by atoms with Gasteiger partial charge in [-0.3, -0.25) is 4.68 Å². The molecule has 35 heavy (non-hydrogen) atoms. The Morgan fingerprint density at radius 1 is 1.09 bits per heavy atom. The van der Waals surface area contributed by atoms with Crippen molar-refractivity contribution in [2.24, 2.45) is 0 Å². The van der Waals surface area contributed by atoms with Crippen LogP contribution >= 0.6 is 0 Å². The number of halogens is 1. The van der Waals surface area contributed by atoms with E-state index < -0.39 is 10.0 Å². The van der Waals surface area contributed by atoms with Crippen molar-refractivity contribution in [2.75, 3.05) is 18.0 Å². The third kappa shape index (κ3) is 4.81. The number of anilines is 1. The van der Waals surface area contributed by atoms with E-state index in [1.54, 1.807) is 23.0 Å². The summed E-state index contributed by atoms with van der Waals surface area (Å²) in [5, 5.41) is 9.65. The van der Waals surface area contributed by atoms with E-state index in [-0.39, 0.29) is 16.8 Å². The molecule has 0 saturated carbocycles. The summed E-state index contributed by atoms with van der Waals surface area (Å²) in [6, 6.07) is 10.4. The summed E-state index contributed by atoms with van der Waals surface area (Å²) in [6.45, 7) is 6.29. The lowest BCUT2D eigenvalue weighted by molar-refractivity contribution is 0.460. The number of rotatable bonds is 7. The lowest BCUT2D eigenvalue weighted by Gasteiger charge is -2.34. The molecule has 0 aliphatic carbocycles. The van der Waals surface area contributed by atoms with Crippen molar-refractivity contribution in [2.45, 2.75) is 50.6 Å². The molecule has 1 N–H and O–H groups in total. The fraction of sp³-hybridized carbons (Fsp3) is 0.360. The third-order valence-corrected chi connectivity index (χ3v) is 7.96. The number of benzene rings is 2. The molecule has 0 atom stereocenters. The van der Waals surface area contributed by atoms with Gasteiger partial charge in [0.05, 0.1) is 23.6 Å². The summed E-state index contributed by atoms with van der Waals surface area (Å²) in [7, 11) is -3.59. The van der Waals surface area contributed by atoms with E-state index in [0.29, 0.717) is 19.4 Å². The second-order valence-electron chi connectivity index (χ2n) is 9.05. The highest BCUT2D eigenvalue weighted by Gasteiger charge is 2.26. The van der Waals surface area contributed by atoms with Crippen molar-refractivity contribution in [1.82, 2.24) is 24.3 Å². The smallest absolute Gasteiger partial charge is 0.243 e. The minimum Gasteiger partial charge on any atom is -0.371 e. The van der Waals surface area contributed by atoms with Gasteiger partial charge in [0.15, 0.2) is 0 Å². The highest BCUT2D eigenvalue weighted by Crippen LogP contribution is 2.30. The first-order valence-electron chi connectivity index (χ1n) is 11.9. The van der Waals surface area contributed by atoms with Gasteiger partial charge < -0.3 is 4.90 Å². The van der Waals surface area contributed by atoms with Gasteiger partial charge in [0.25, 0.3) is 0 Å². The van der Waals surface area contributed by atoms with Crippen LogP contribution in [0, 0.1) is 12.7 Å². The fourth-order valence-corrected chi connectivity index (χ4v) is 5.91. The first-order valence-corrected chi connectivity index (χ1v) is 13.4. The first kappa shape index (κ1) is 23.5. The summed E-state index contributed by atoms with van der Waals surface area (Å²) in [6.07, 6.45) is 7.15. The van der Waals surface area contributed by atoms with E-state index in [0.717, 1.165) is 47.4 Å². The van der Waals surface area contributed by atoms with Crippen LogP contribution in [-0.4, -0.2) is 47.1 Å². The average Bonchev–Trinajstić information content (AvgIpc) is 3.47. The van der Waals surface area contributed by atoms with Crippen LogP contribution in [0.3, 0.4) is 0 Å². The normalized spacial score (nSPS) is 15.2. The van der Waals surface area contributed by atoms with Crippen molar-refractivity contribution in [3.05, 3.63) is 66.4 Å². The standard InChI is InChI=1S/C25H29FN6O2S/c1-3-10-31-17-23(16-27-31)35(33,34)29-21-8-11-30(12-9-21)24-14-19-15-28-32(25(19)13-18(24)2)22-6-4-20(26)5-7-22/h4-7,13-17,21,29H,3,8-12H2,1-2H3. The van der Waals surface area contributed by atoms with E-state index in [2.05, 4.69) is 38.9 Å². The molecule has 3 heterocycles. The highest BCUT2D eigenvalue weighted by atomic mass is 32.2. The molecule has 0 spiro atoms. The Balaban J connectivity index is 1.28. The molecule has 1 saturated heterocycles. The molecule has 10 heteroatoms. The predicted molar refractivity (Wildman–Crippen MR) is 134 cm³/mol. The molecule has 4 aromatic rings. The summed E-state index contributed by atoms with van der Waals surface area (Å²) in [4.78, 5) is 2.52. The van der Waals surface area contributed by atoms with E-state index in [1.165, 1.54) is 18.3 Å². The quantitative estimate of drug-likeness (QED) is 0.418. The molecule has 1 fully saturated rings. The maximum absolute atomic E-state index is 13.3. The lowest BCUT2D eigenvalue weighted by atomic mass is 10.0. The van der Waals surface area contributed by atoms with Crippen molar-refractivity contribution >= 4 is 26.6 Å². The zero-order chi connectivity index (χ0) is 24.6. The van der Waals surface area contributed by atoms with E-state index in [4.69, 9.17) is 0 Å². The Bertz CT molecular complexity index is 1440. The summed E-state index contributed by atoms with van der Waals surface area (Å²) >= 11 is 0. The van der Waals surface area contributed by atoms with Crippen LogP contribution < -0.4 is 9.62 Å². The first-order chi connectivity index (χ1) is 16.8. The molecule has 0 bridgehead atoms. The predicted octanol–water partition coefficient (Wildman–Crippen LogP) is 4.03. The minimum atomic E-state index is -3.59. The number of aromatic nitrogens is 4. The van der Waals surface area contributed by atoms with Gasteiger partial charge in [-0.05, 0) is 68.1 Å². The number of aryl methyl sites for hydroxylation is 2. The number of piperidine rings is 1. The van der Waals surface area contributed by atoms with Crippen LogP contribution in [0.2, 0.25) is 0 Å². The number of nitrogens with one attached hydrogen (secondary N) is 1. The largest absolute Gasteiger partial charge is 0.371 e.